The fraction of sp³-hybridized carbons (Fsp3) is 0.530. The zero-order valence-electron chi connectivity index (χ0n) is 49.5. The van der Waals surface area contributed by atoms with Crippen LogP contribution < -0.4 is 10.6 Å². The maximum absolute atomic E-state index is 15.0. The Morgan fingerprint density at radius 3 is 1.76 bits per heavy atom. The van der Waals surface area contributed by atoms with Crippen molar-refractivity contribution in [1.82, 2.24) is 50.1 Å². The summed E-state index contributed by atoms with van der Waals surface area (Å²) in [6.45, 7) is 21.8. The van der Waals surface area contributed by atoms with E-state index in [1.54, 1.807) is 12.4 Å². The van der Waals surface area contributed by atoms with Gasteiger partial charge in [-0.1, -0.05) is 57.0 Å². The van der Waals surface area contributed by atoms with E-state index in [1.807, 2.05) is 75.6 Å². The number of nitrogens with zero attached hydrogens (tertiary/aromatic N) is 9. The number of rotatable bonds is 16. The molecule has 0 bridgehead atoms. The molecule has 0 spiro atoms. The van der Waals surface area contributed by atoms with Crippen LogP contribution in [0.5, 0.6) is 0 Å². The fourth-order valence-electron chi connectivity index (χ4n) is 13.4. The average Bonchev–Trinajstić information content (AvgIpc) is 3.93. The Balaban J connectivity index is 0.000000215. The maximum Gasteiger partial charge on any atom is 0.321 e. The molecule has 1 aliphatic carbocycles. The van der Waals surface area contributed by atoms with Gasteiger partial charge in [0, 0.05) is 99.2 Å². The molecular weight excluding hydrogens is 1050 g/mol. The number of amides is 4. The van der Waals surface area contributed by atoms with Crippen molar-refractivity contribution in [3.63, 3.8) is 0 Å². The van der Waals surface area contributed by atoms with Gasteiger partial charge in [-0.25, -0.2) is 13.6 Å². The van der Waals surface area contributed by atoms with Gasteiger partial charge < -0.3 is 39.9 Å². The number of urea groups is 1. The Morgan fingerprint density at radius 1 is 0.675 bits per heavy atom. The van der Waals surface area contributed by atoms with Crippen molar-refractivity contribution in [3.8, 4) is 0 Å². The molecule has 7 heterocycles. The number of pyridine rings is 3. The minimum atomic E-state index is -0.484. The van der Waals surface area contributed by atoms with Crippen molar-refractivity contribution >= 4 is 29.6 Å². The van der Waals surface area contributed by atoms with E-state index in [2.05, 4.69) is 84.5 Å². The summed E-state index contributed by atoms with van der Waals surface area (Å²) in [5, 5.41) is 6.19. The third-order valence-electron chi connectivity index (χ3n) is 17.7. The van der Waals surface area contributed by atoms with Crippen LogP contribution in [0.15, 0.2) is 90.2 Å². The normalized spacial score (nSPS) is 20.6. The predicted octanol–water partition coefficient (Wildman–Crippen LogP) is 11.8. The lowest BCUT2D eigenvalue weighted by Gasteiger charge is -2.41. The third kappa shape index (κ3) is 15.1. The van der Waals surface area contributed by atoms with Crippen LogP contribution in [0.4, 0.5) is 19.3 Å². The van der Waals surface area contributed by atoms with Gasteiger partial charge in [0.25, 0.3) is 17.8 Å². The molecule has 4 aliphatic heterocycles. The van der Waals surface area contributed by atoms with Crippen molar-refractivity contribution in [2.45, 2.75) is 176 Å². The fourth-order valence-corrected chi connectivity index (χ4v) is 13.4. The summed E-state index contributed by atoms with van der Waals surface area (Å²) < 4.78 is 35.4. The van der Waals surface area contributed by atoms with Gasteiger partial charge in [0.15, 0.2) is 0 Å². The molecule has 446 valence electrons. The molecule has 3 unspecified atom stereocenters. The molecule has 5 fully saturated rings. The molecule has 17 heteroatoms. The number of benzene rings is 2. The highest BCUT2D eigenvalue weighted by Crippen LogP contribution is 2.40. The Morgan fingerprint density at radius 2 is 1.23 bits per heavy atom. The molecule has 15 nitrogen and oxygen atoms in total. The molecule has 5 aliphatic rings. The summed E-state index contributed by atoms with van der Waals surface area (Å²) in [6.07, 6.45) is 14.2. The first-order valence-corrected chi connectivity index (χ1v) is 30.0. The number of piperidine rings is 2. The number of hydrogen-bond donors (Lipinski definition) is 2. The molecule has 83 heavy (non-hydrogen) atoms. The van der Waals surface area contributed by atoms with Crippen molar-refractivity contribution < 1.29 is 27.9 Å². The van der Waals surface area contributed by atoms with E-state index in [9.17, 15) is 18.8 Å². The lowest BCUT2D eigenvalue weighted by Crippen LogP contribution is -2.50. The second-order valence-electron chi connectivity index (χ2n) is 23.5. The second kappa shape index (κ2) is 28.6. The SMILES string of the molecule is C.Cc1cc(C)c(C(=O)NCCC(C)N2CCC(N3C(=Nc4cccnc4)OC[C@H]3c3ccccc3)CC2)c(C)n1.Cc1cc(C)c(C(=O)NCCC(C)N2CCC(N3C(=O)N(C4CCCCC4)CC3c3cc(F)ccc3F)CC2)c(C)n1. The largest absolute Gasteiger partial charge is 0.462 e. The summed E-state index contributed by atoms with van der Waals surface area (Å²) in [6, 6.07) is 23.4. The second-order valence-corrected chi connectivity index (χ2v) is 23.5. The number of amidine groups is 1. The van der Waals surface area contributed by atoms with Crippen molar-refractivity contribution in [2.75, 3.05) is 52.4 Å². The summed E-state index contributed by atoms with van der Waals surface area (Å²) >= 11 is 0. The molecule has 1 saturated carbocycles. The predicted molar refractivity (Wildman–Crippen MR) is 324 cm³/mol. The van der Waals surface area contributed by atoms with Crippen LogP contribution in [0.3, 0.4) is 0 Å². The minimum Gasteiger partial charge on any atom is -0.462 e. The zero-order valence-corrected chi connectivity index (χ0v) is 49.5. The molecule has 4 saturated heterocycles. The molecular formula is C66H89F2N11O4. The van der Waals surface area contributed by atoms with Crippen LogP contribution in [0, 0.1) is 53.2 Å². The Hall–Kier alpha value is -6.85. The van der Waals surface area contributed by atoms with Crippen molar-refractivity contribution in [2.24, 2.45) is 4.99 Å². The summed E-state index contributed by atoms with van der Waals surface area (Å²) in [5.74, 6) is -1.05. The molecule has 5 aromatic rings. The summed E-state index contributed by atoms with van der Waals surface area (Å²) in [4.78, 5) is 68.7. The molecule has 0 radical (unpaired) electrons. The molecule has 4 amide bonds. The summed E-state index contributed by atoms with van der Waals surface area (Å²) in [7, 11) is 0. The average molecular weight is 1140 g/mol. The molecule has 2 N–H and O–H groups in total. The van der Waals surface area contributed by atoms with Crippen molar-refractivity contribution in [3.05, 3.63) is 153 Å². The monoisotopic (exact) mass is 1140 g/mol. The molecule has 4 atom stereocenters. The van der Waals surface area contributed by atoms with E-state index in [1.165, 1.54) is 24.1 Å². The maximum atomic E-state index is 15.0. The first-order chi connectivity index (χ1) is 39.5. The number of halogens is 2. The third-order valence-corrected chi connectivity index (χ3v) is 17.7. The van der Waals surface area contributed by atoms with Gasteiger partial charge in [-0.2, -0.15) is 4.99 Å². The minimum absolute atomic E-state index is 0. The number of nitrogens with one attached hydrogen (secondary N) is 2. The topological polar surface area (TPSA) is 152 Å². The molecule has 10 rings (SSSR count). The first kappa shape index (κ1) is 62.2. The summed E-state index contributed by atoms with van der Waals surface area (Å²) in [5.41, 5.74) is 8.97. The van der Waals surface area contributed by atoms with Crippen LogP contribution in [0.1, 0.15) is 170 Å². The van der Waals surface area contributed by atoms with Crippen molar-refractivity contribution in [1.29, 1.82) is 0 Å². The van der Waals surface area contributed by atoms with Gasteiger partial charge in [-0.15, -0.1) is 0 Å². The van der Waals surface area contributed by atoms with E-state index >= 15 is 4.39 Å². The number of carbonyl (C=O) groups excluding carboxylic acids is 3. The van der Waals surface area contributed by atoms with Crippen LogP contribution >= 0.6 is 0 Å². The Labute approximate surface area is 491 Å². The Kier molecular flexibility index (Phi) is 21.5. The van der Waals surface area contributed by atoms with E-state index in [0.29, 0.717) is 55.5 Å². The van der Waals surface area contributed by atoms with Crippen LogP contribution in [0.25, 0.3) is 0 Å². The van der Waals surface area contributed by atoms with E-state index in [4.69, 9.17) is 9.73 Å². The first-order valence-electron chi connectivity index (χ1n) is 30.0. The van der Waals surface area contributed by atoms with E-state index in [-0.39, 0.29) is 55.0 Å². The number of carbonyl (C=O) groups is 3. The van der Waals surface area contributed by atoms with Gasteiger partial charge >= 0.3 is 6.03 Å². The lowest BCUT2D eigenvalue weighted by molar-refractivity contribution is 0.0872. The number of aliphatic imine (C=N–C) groups is 1. The number of hydrogen-bond acceptors (Lipinski definition) is 10. The highest BCUT2D eigenvalue weighted by molar-refractivity contribution is 5.97. The number of likely N-dealkylation sites (tertiary alicyclic amines) is 2. The quantitative estimate of drug-likeness (QED) is 0.0977. The van der Waals surface area contributed by atoms with Gasteiger partial charge in [0.2, 0.25) is 0 Å². The van der Waals surface area contributed by atoms with Gasteiger partial charge in [0.05, 0.1) is 46.5 Å². The standard InChI is InChI=1S/C33H45F2N5O2.C32H40N6O2.CH4/c1-21-18-22(2)37-24(4)31(21)32(41)36-15-12-23(3)38-16-13-27(14-17-38)40-30(28-19-25(34)10-11-29(28)35)20-39(33(40)42)26-8-6-5-7-9-26;1-22-19-23(2)35-25(4)30(22)31(39)34-16-12-24(3)37-17-13-28(14-18-37)38-29(26-9-6-5-7-10-26)21-40-32(38)36-27-11-8-15-33-20-27;/h10-11,18-19,23,26-27,30H,5-9,12-17,20H2,1-4H3,(H,36,41);5-11,15,19-20,24,28-29H,12-14,16-18,21H2,1-4H3,(H,34,39);1H4/t;24?,29-;/m.0./s1. The lowest BCUT2D eigenvalue weighted by atomic mass is 9.94. The smallest absolute Gasteiger partial charge is 0.321 e. The highest BCUT2D eigenvalue weighted by Gasteiger charge is 2.46. The highest BCUT2D eigenvalue weighted by atomic mass is 19.1. The number of aromatic nitrogens is 3. The van der Waals surface area contributed by atoms with Crippen LogP contribution in [-0.2, 0) is 4.74 Å². The number of aryl methyl sites for hydroxylation is 6. The number of ether oxygens (including phenoxy) is 1. The van der Waals surface area contributed by atoms with Crippen LogP contribution in [0.2, 0.25) is 0 Å². The zero-order chi connectivity index (χ0) is 58.0. The van der Waals surface area contributed by atoms with Gasteiger partial charge in [-0.05, 0) is 166 Å². The van der Waals surface area contributed by atoms with Crippen LogP contribution in [-0.4, -0.2) is 146 Å². The van der Waals surface area contributed by atoms with E-state index < -0.39 is 17.7 Å². The van der Waals surface area contributed by atoms with Gasteiger partial charge in [-0.3, -0.25) is 24.5 Å². The van der Waals surface area contributed by atoms with E-state index in [0.717, 1.165) is 136 Å². The molecule has 3 aromatic heterocycles. The Bertz CT molecular complexity index is 2970. The van der Waals surface area contributed by atoms with Gasteiger partial charge in [0.1, 0.15) is 18.2 Å². The molecule has 2 aromatic carbocycles.